The summed E-state index contributed by atoms with van der Waals surface area (Å²) in [5.74, 6) is 1.07. The summed E-state index contributed by atoms with van der Waals surface area (Å²) in [6.45, 7) is 4.95. The molecule has 6 heteroatoms. The number of hydrazone groups is 1. The number of hydrogen-bond acceptors (Lipinski definition) is 5. The molecule has 6 nitrogen and oxygen atoms in total. The fraction of sp³-hybridized carbons (Fsp3) is 0.182. The summed E-state index contributed by atoms with van der Waals surface area (Å²) in [6.07, 6.45) is 1.58. The van der Waals surface area contributed by atoms with Crippen LogP contribution in [-0.2, 0) is 0 Å². The molecule has 0 aliphatic carbocycles. The molecule has 0 aliphatic heterocycles. The molecule has 0 atom stereocenters. The molecule has 3 rings (SSSR count). The number of para-hydroxylation sites is 1. The van der Waals surface area contributed by atoms with Gasteiger partial charge < -0.3 is 15.2 Å². The lowest BCUT2D eigenvalue weighted by molar-refractivity contribution is 0.0956. The van der Waals surface area contributed by atoms with Crippen LogP contribution in [0.4, 0.5) is 5.69 Å². The smallest absolute Gasteiger partial charge is 0.273 e. The Kier molecular flexibility index (Phi) is 6.11. The van der Waals surface area contributed by atoms with E-state index >= 15 is 0 Å². The normalized spacial score (nSPS) is 10.9. The van der Waals surface area contributed by atoms with Gasteiger partial charge in [-0.3, -0.25) is 4.79 Å². The summed E-state index contributed by atoms with van der Waals surface area (Å²) >= 11 is 0. The van der Waals surface area contributed by atoms with E-state index in [0.717, 1.165) is 22.1 Å². The third kappa shape index (κ3) is 4.23. The van der Waals surface area contributed by atoms with Gasteiger partial charge >= 0.3 is 0 Å². The maximum atomic E-state index is 12.3. The van der Waals surface area contributed by atoms with Gasteiger partial charge in [0, 0.05) is 11.3 Å². The Balaban J connectivity index is 1.94. The standard InChI is InChI=1S/C22H23N3O3/c1-3-27-16-11-9-15-10-12-21(28-4-2)19(18(15)13-16)14-24-25-22(26)17-7-5-6-8-20(17)23/h5-14H,3-4,23H2,1-2H3,(H,25,26)/b24-14+. The predicted molar refractivity (Wildman–Crippen MR) is 112 cm³/mol. The minimum atomic E-state index is -0.373. The van der Waals surface area contributed by atoms with Crippen LogP contribution in [0.5, 0.6) is 11.5 Å². The van der Waals surface area contributed by atoms with Gasteiger partial charge in [-0.25, -0.2) is 5.43 Å². The molecular weight excluding hydrogens is 354 g/mol. The molecule has 0 aromatic heterocycles. The second-order valence-corrected chi connectivity index (χ2v) is 6.01. The number of nitrogen functional groups attached to an aromatic ring is 1. The monoisotopic (exact) mass is 377 g/mol. The second kappa shape index (κ2) is 8.90. The molecule has 28 heavy (non-hydrogen) atoms. The van der Waals surface area contributed by atoms with Gasteiger partial charge in [-0.2, -0.15) is 5.10 Å². The van der Waals surface area contributed by atoms with E-state index in [9.17, 15) is 4.79 Å². The van der Waals surface area contributed by atoms with Crippen LogP contribution in [-0.4, -0.2) is 25.3 Å². The zero-order valence-corrected chi connectivity index (χ0v) is 15.9. The first-order chi connectivity index (χ1) is 13.6. The van der Waals surface area contributed by atoms with E-state index in [1.54, 1.807) is 30.5 Å². The summed E-state index contributed by atoms with van der Waals surface area (Å²) in [5, 5.41) is 6.07. The molecule has 0 aliphatic rings. The lowest BCUT2D eigenvalue weighted by Gasteiger charge is -2.12. The Morgan fingerprint density at radius 3 is 2.57 bits per heavy atom. The topological polar surface area (TPSA) is 85.9 Å². The van der Waals surface area contributed by atoms with E-state index in [2.05, 4.69) is 10.5 Å². The maximum absolute atomic E-state index is 12.3. The van der Waals surface area contributed by atoms with E-state index in [0.29, 0.717) is 30.2 Å². The van der Waals surface area contributed by atoms with Gasteiger partial charge in [0.2, 0.25) is 0 Å². The van der Waals surface area contributed by atoms with Gasteiger partial charge in [-0.15, -0.1) is 0 Å². The number of rotatable bonds is 7. The highest BCUT2D eigenvalue weighted by molar-refractivity contribution is 6.04. The average Bonchev–Trinajstić information content (AvgIpc) is 2.70. The zero-order chi connectivity index (χ0) is 19.9. The molecule has 0 saturated heterocycles. The van der Waals surface area contributed by atoms with Crippen molar-refractivity contribution in [3.05, 3.63) is 65.7 Å². The summed E-state index contributed by atoms with van der Waals surface area (Å²) in [4.78, 5) is 12.3. The highest BCUT2D eigenvalue weighted by Gasteiger charge is 2.10. The SMILES string of the molecule is CCOc1ccc2ccc(OCC)c(/C=N/NC(=O)c3ccccc3N)c2c1. The van der Waals surface area contributed by atoms with Crippen LogP contribution in [0.3, 0.4) is 0 Å². The summed E-state index contributed by atoms with van der Waals surface area (Å²) in [7, 11) is 0. The number of fused-ring (bicyclic) bond motifs is 1. The number of benzene rings is 3. The van der Waals surface area contributed by atoms with Crippen LogP contribution in [0.2, 0.25) is 0 Å². The molecule has 144 valence electrons. The Morgan fingerprint density at radius 1 is 1.07 bits per heavy atom. The maximum Gasteiger partial charge on any atom is 0.273 e. The first kappa shape index (κ1) is 19.2. The molecule has 0 radical (unpaired) electrons. The largest absolute Gasteiger partial charge is 0.494 e. The van der Waals surface area contributed by atoms with Crippen molar-refractivity contribution in [2.24, 2.45) is 5.10 Å². The molecule has 3 aromatic rings. The Morgan fingerprint density at radius 2 is 1.82 bits per heavy atom. The van der Waals surface area contributed by atoms with Crippen LogP contribution in [0, 0.1) is 0 Å². The number of nitrogens with one attached hydrogen (secondary N) is 1. The van der Waals surface area contributed by atoms with Gasteiger partial charge in [0.1, 0.15) is 11.5 Å². The zero-order valence-electron chi connectivity index (χ0n) is 15.9. The number of hydrogen-bond donors (Lipinski definition) is 2. The van der Waals surface area contributed by atoms with E-state index in [4.69, 9.17) is 15.2 Å². The number of anilines is 1. The van der Waals surface area contributed by atoms with Crippen molar-refractivity contribution >= 4 is 28.6 Å². The first-order valence-corrected chi connectivity index (χ1v) is 9.14. The number of carbonyl (C=O) groups excluding carboxylic acids is 1. The fourth-order valence-electron chi connectivity index (χ4n) is 2.89. The molecule has 0 heterocycles. The number of ether oxygens (including phenoxy) is 2. The summed E-state index contributed by atoms with van der Waals surface area (Å²) in [5.41, 5.74) is 9.91. The number of amides is 1. The molecule has 0 bridgehead atoms. The van der Waals surface area contributed by atoms with Crippen LogP contribution >= 0.6 is 0 Å². The molecule has 3 aromatic carbocycles. The summed E-state index contributed by atoms with van der Waals surface area (Å²) in [6, 6.07) is 16.6. The van der Waals surface area contributed by atoms with Crippen LogP contribution < -0.4 is 20.6 Å². The van der Waals surface area contributed by atoms with Crippen molar-refractivity contribution in [1.29, 1.82) is 0 Å². The second-order valence-electron chi connectivity index (χ2n) is 6.01. The number of nitrogens with zero attached hydrogens (tertiary/aromatic N) is 1. The predicted octanol–water partition coefficient (Wildman–Crippen LogP) is 3.98. The molecule has 0 unspecified atom stereocenters. The molecule has 0 saturated carbocycles. The van der Waals surface area contributed by atoms with E-state index in [1.165, 1.54) is 0 Å². The van der Waals surface area contributed by atoms with E-state index in [1.807, 2.05) is 44.2 Å². The molecule has 1 amide bonds. The van der Waals surface area contributed by atoms with Gasteiger partial charge in [0.25, 0.3) is 5.91 Å². The highest BCUT2D eigenvalue weighted by Crippen LogP contribution is 2.30. The molecule has 3 N–H and O–H groups in total. The van der Waals surface area contributed by atoms with Crippen LogP contribution in [0.15, 0.2) is 59.7 Å². The van der Waals surface area contributed by atoms with Crippen molar-refractivity contribution in [3.8, 4) is 11.5 Å². The van der Waals surface area contributed by atoms with Crippen molar-refractivity contribution in [3.63, 3.8) is 0 Å². The quantitative estimate of drug-likeness (QED) is 0.370. The van der Waals surface area contributed by atoms with Gasteiger partial charge in [-0.05, 0) is 55.0 Å². The van der Waals surface area contributed by atoms with Crippen molar-refractivity contribution in [2.75, 3.05) is 18.9 Å². The third-order valence-electron chi connectivity index (χ3n) is 4.17. The number of carbonyl (C=O) groups is 1. The van der Waals surface area contributed by atoms with Crippen molar-refractivity contribution < 1.29 is 14.3 Å². The van der Waals surface area contributed by atoms with Gasteiger partial charge in [0.15, 0.2) is 0 Å². The Bertz CT molecular complexity index is 1010. The van der Waals surface area contributed by atoms with E-state index in [-0.39, 0.29) is 5.91 Å². The van der Waals surface area contributed by atoms with E-state index < -0.39 is 0 Å². The fourth-order valence-corrected chi connectivity index (χ4v) is 2.89. The van der Waals surface area contributed by atoms with Crippen LogP contribution in [0.25, 0.3) is 10.8 Å². The van der Waals surface area contributed by atoms with Gasteiger partial charge in [-0.1, -0.05) is 24.3 Å². The highest BCUT2D eigenvalue weighted by atomic mass is 16.5. The summed E-state index contributed by atoms with van der Waals surface area (Å²) < 4.78 is 11.4. The minimum absolute atomic E-state index is 0.373. The van der Waals surface area contributed by atoms with Crippen LogP contribution in [0.1, 0.15) is 29.8 Å². The first-order valence-electron chi connectivity index (χ1n) is 9.14. The molecule has 0 fully saturated rings. The van der Waals surface area contributed by atoms with Crippen molar-refractivity contribution in [1.82, 2.24) is 5.43 Å². The van der Waals surface area contributed by atoms with Crippen molar-refractivity contribution in [2.45, 2.75) is 13.8 Å². The minimum Gasteiger partial charge on any atom is -0.494 e. The lowest BCUT2D eigenvalue weighted by Crippen LogP contribution is -2.19. The number of nitrogens with two attached hydrogens (primary N) is 1. The molecular formula is C22H23N3O3. The third-order valence-corrected chi connectivity index (χ3v) is 4.17. The van der Waals surface area contributed by atoms with Gasteiger partial charge in [0.05, 0.1) is 25.0 Å². The average molecular weight is 377 g/mol. The Hall–Kier alpha value is -3.54. The lowest BCUT2D eigenvalue weighted by atomic mass is 10.0. The Labute approximate surface area is 164 Å². The molecule has 0 spiro atoms.